The molecule has 0 unspecified atom stereocenters. The maximum absolute atomic E-state index is 6.97. The molecule has 55 heavy (non-hydrogen) atoms. The van der Waals surface area contributed by atoms with Crippen molar-refractivity contribution in [3.05, 3.63) is 223 Å². The number of hydrogen-bond acceptors (Lipinski definition) is 3. The zero-order chi connectivity index (χ0) is 36.3. The number of furan rings is 1. The van der Waals surface area contributed by atoms with Gasteiger partial charge >= 0.3 is 0 Å². The highest BCUT2D eigenvalue weighted by Gasteiger charge is 2.46. The Labute approximate surface area is 321 Å². The number of para-hydroxylation sites is 2. The molecule has 3 heterocycles. The van der Waals surface area contributed by atoms with Crippen LogP contribution in [0.15, 0.2) is 211 Å². The molecule has 4 heteroatoms. The van der Waals surface area contributed by atoms with Crippen LogP contribution in [0.5, 0.6) is 0 Å². The second-order valence-corrected chi connectivity index (χ2v) is 14.5. The standard InChI is InChI=1S/C51H35BN2O/c1-5-17-35(18-6-1)38-23-15-26-41(33-38)54-45-29-16-28-44-50(45)52(49-42-27-13-14-30-47(42)55-51(49)54)43-32-31-39(34-46(43)53(44)40-24-11-4-12-25-40)48(36-19-7-2-8-20-36)37-21-9-3-10-22-37/h1-34,48H. The molecule has 3 nitrogen and oxygen atoms in total. The minimum absolute atomic E-state index is 0.0469. The van der Waals surface area contributed by atoms with Gasteiger partial charge in [-0.25, -0.2) is 0 Å². The van der Waals surface area contributed by atoms with Gasteiger partial charge in [-0.2, -0.15) is 0 Å². The molecule has 11 rings (SSSR count). The second-order valence-electron chi connectivity index (χ2n) is 14.5. The van der Waals surface area contributed by atoms with E-state index in [1.54, 1.807) is 0 Å². The Hall–Kier alpha value is -7.04. The van der Waals surface area contributed by atoms with E-state index < -0.39 is 0 Å². The molecular weight excluding hydrogens is 667 g/mol. The summed E-state index contributed by atoms with van der Waals surface area (Å²) in [5.74, 6) is 0.942. The van der Waals surface area contributed by atoms with Gasteiger partial charge in [-0.05, 0) is 87.3 Å². The number of fused-ring (bicyclic) bond motifs is 6. The molecule has 0 N–H and O–H groups in total. The second kappa shape index (κ2) is 12.8. The quantitative estimate of drug-likeness (QED) is 0.127. The Kier molecular flexibility index (Phi) is 7.34. The zero-order valence-electron chi connectivity index (χ0n) is 30.1. The molecule has 0 bridgehead atoms. The fraction of sp³-hybridized carbons (Fsp3) is 0.0196. The fourth-order valence-electron chi connectivity index (χ4n) is 9.03. The van der Waals surface area contributed by atoms with Gasteiger partial charge < -0.3 is 9.32 Å². The van der Waals surface area contributed by atoms with Crippen molar-refractivity contribution in [3.63, 3.8) is 0 Å². The molecule has 0 saturated heterocycles. The van der Waals surface area contributed by atoms with Crippen LogP contribution in [-0.4, -0.2) is 6.71 Å². The van der Waals surface area contributed by atoms with Crippen LogP contribution in [0.3, 0.4) is 0 Å². The van der Waals surface area contributed by atoms with E-state index in [1.807, 2.05) is 0 Å². The van der Waals surface area contributed by atoms with Crippen molar-refractivity contribution in [1.82, 2.24) is 0 Å². The van der Waals surface area contributed by atoms with Gasteiger partial charge in [-0.15, -0.1) is 0 Å². The van der Waals surface area contributed by atoms with E-state index in [9.17, 15) is 0 Å². The Morgan fingerprint density at radius 2 is 0.982 bits per heavy atom. The van der Waals surface area contributed by atoms with E-state index in [1.165, 1.54) is 50.0 Å². The first-order chi connectivity index (χ1) is 27.3. The minimum atomic E-state index is -0.0469. The Bertz CT molecular complexity index is 2800. The summed E-state index contributed by atoms with van der Waals surface area (Å²) in [5.41, 5.74) is 16.5. The van der Waals surface area contributed by atoms with Crippen LogP contribution in [0.2, 0.25) is 0 Å². The van der Waals surface area contributed by atoms with E-state index >= 15 is 0 Å². The molecule has 0 atom stereocenters. The van der Waals surface area contributed by atoms with Gasteiger partial charge in [0.15, 0.2) is 0 Å². The molecule has 258 valence electrons. The third-order valence-electron chi connectivity index (χ3n) is 11.4. The van der Waals surface area contributed by atoms with E-state index in [0.29, 0.717) is 0 Å². The van der Waals surface area contributed by atoms with Crippen molar-refractivity contribution in [2.75, 3.05) is 9.80 Å². The molecule has 0 fully saturated rings. The Balaban J connectivity index is 1.18. The van der Waals surface area contributed by atoms with Gasteiger partial charge in [0, 0.05) is 45.2 Å². The van der Waals surface area contributed by atoms with Gasteiger partial charge in [0.25, 0.3) is 6.71 Å². The highest BCUT2D eigenvalue weighted by molar-refractivity contribution is 7.01. The van der Waals surface area contributed by atoms with Crippen LogP contribution >= 0.6 is 0 Å². The normalized spacial score (nSPS) is 12.8. The number of nitrogens with zero attached hydrogens (tertiary/aromatic N) is 2. The Morgan fingerprint density at radius 1 is 0.400 bits per heavy atom. The van der Waals surface area contributed by atoms with E-state index in [2.05, 4.69) is 216 Å². The third-order valence-corrected chi connectivity index (χ3v) is 11.4. The molecule has 2 aliphatic heterocycles. The lowest BCUT2D eigenvalue weighted by molar-refractivity contribution is 0.623. The van der Waals surface area contributed by atoms with Crippen molar-refractivity contribution in [1.29, 1.82) is 0 Å². The summed E-state index contributed by atoms with van der Waals surface area (Å²) in [6.07, 6.45) is 0. The maximum Gasteiger partial charge on any atom is 0.257 e. The summed E-state index contributed by atoms with van der Waals surface area (Å²) in [6, 6.07) is 74.5. The molecular formula is C51H35BN2O. The number of benzene rings is 8. The molecule has 0 saturated carbocycles. The molecule has 0 radical (unpaired) electrons. The predicted molar refractivity (Wildman–Crippen MR) is 230 cm³/mol. The SMILES string of the molecule is c1ccc(-c2cccc(N3c4cccc5c4B(c4ccc(C(c6ccccc6)c6ccccc6)cc4N5c4ccccc4)c4c3oc3ccccc43)c2)cc1. The van der Waals surface area contributed by atoms with Crippen LogP contribution in [0.4, 0.5) is 34.3 Å². The fourth-order valence-corrected chi connectivity index (χ4v) is 9.03. The summed E-state index contributed by atoms with van der Waals surface area (Å²) in [4.78, 5) is 4.83. The van der Waals surface area contributed by atoms with E-state index in [-0.39, 0.29) is 12.6 Å². The highest BCUT2D eigenvalue weighted by atomic mass is 16.4. The van der Waals surface area contributed by atoms with Gasteiger partial charge in [0.2, 0.25) is 5.88 Å². The molecule has 0 spiro atoms. The monoisotopic (exact) mass is 702 g/mol. The zero-order valence-corrected chi connectivity index (χ0v) is 30.1. The van der Waals surface area contributed by atoms with Crippen molar-refractivity contribution in [2.45, 2.75) is 5.92 Å². The summed E-state index contributed by atoms with van der Waals surface area (Å²) < 4.78 is 6.97. The summed E-state index contributed by atoms with van der Waals surface area (Å²) in [5, 5.41) is 1.14. The van der Waals surface area contributed by atoms with Crippen LogP contribution in [0.25, 0.3) is 22.1 Å². The van der Waals surface area contributed by atoms with E-state index in [4.69, 9.17) is 4.42 Å². The van der Waals surface area contributed by atoms with Crippen molar-refractivity contribution >= 4 is 68.4 Å². The third kappa shape index (κ3) is 5.06. The van der Waals surface area contributed by atoms with Gasteiger partial charge in [0.1, 0.15) is 5.58 Å². The van der Waals surface area contributed by atoms with Crippen LogP contribution in [0, 0.1) is 0 Å². The van der Waals surface area contributed by atoms with Crippen molar-refractivity contribution in [2.24, 2.45) is 0 Å². The van der Waals surface area contributed by atoms with Crippen LogP contribution < -0.4 is 26.2 Å². The van der Waals surface area contributed by atoms with Gasteiger partial charge in [-0.3, -0.25) is 4.90 Å². The Morgan fingerprint density at radius 3 is 1.71 bits per heavy atom. The number of hydrogen-bond donors (Lipinski definition) is 0. The lowest BCUT2D eigenvalue weighted by Crippen LogP contribution is -2.61. The van der Waals surface area contributed by atoms with Crippen LogP contribution in [-0.2, 0) is 0 Å². The lowest BCUT2D eigenvalue weighted by atomic mass is 9.33. The average molecular weight is 703 g/mol. The first kappa shape index (κ1) is 31.5. The molecule has 2 aliphatic rings. The largest absolute Gasteiger partial charge is 0.440 e. The molecule has 0 amide bonds. The summed E-state index contributed by atoms with van der Waals surface area (Å²) >= 11 is 0. The summed E-state index contributed by atoms with van der Waals surface area (Å²) in [7, 11) is 0. The van der Waals surface area contributed by atoms with Crippen LogP contribution in [0.1, 0.15) is 22.6 Å². The summed E-state index contributed by atoms with van der Waals surface area (Å²) in [6.45, 7) is -0.0469. The first-order valence-electron chi connectivity index (χ1n) is 19.0. The number of rotatable bonds is 6. The van der Waals surface area contributed by atoms with Crippen molar-refractivity contribution in [3.8, 4) is 11.1 Å². The smallest absolute Gasteiger partial charge is 0.257 e. The lowest BCUT2D eigenvalue weighted by Gasteiger charge is -2.42. The highest BCUT2D eigenvalue weighted by Crippen LogP contribution is 2.47. The van der Waals surface area contributed by atoms with Crippen molar-refractivity contribution < 1.29 is 4.42 Å². The topological polar surface area (TPSA) is 19.6 Å². The van der Waals surface area contributed by atoms with Gasteiger partial charge in [-0.1, -0.05) is 158 Å². The van der Waals surface area contributed by atoms with Gasteiger partial charge in [0.05, 0.1) is 0 Å². The average Bonchev–Trinajstić information content (AvgIpc) is 3.64. The first-order valence-corrected chi connectivity index (χ1v) is 19.0. The number of anilines is 6. The maximum atomic E-state index is 6.97. The van der Waals surface area contributed by atoms with E-state index in [0.717, 1.165) is 39.5 Å². The molecule has 0 aliphatic carbocycles. The molecule has 9 aromatic rings. The molecule has 8 aromatic carbocycles. The minimum Gasteiger partial charge on any atom is -0.440 e. The molecule has 1 aromatic heterocycles. The predicted octanol–water partition coefficient (Wildman–Crippen LogP) is 11.4.